The van der Waals surface area contributed by atoms with Gasteiger partial charge < -0.3 is 19.1 Å². The van der Waals surface area contributed by atoms with Crippen molar-refractivity contribution in [2.75, 3.05) is 0 Å². The van der Waals surface area contributed by atoms with Crippen LogP contribution < -0.4 is 0 Å². The first-order chi connectivity index (χ1) is 55.3. The Morgan fingerprint density at radius 3 is 0.739 bits per heavy atom. The van der Waals surface area contributed by atoms with Gasteiger partial charge in [0, 0.05) is 195 Å². The summed E-state index contributed by atoms with van der Waals surface area (Å²) in [5, 5.41) is 1.92. The van der Waals surface area contributed by atoms with Crippen LogP contribution in [0.5, 0.6) is 0 Å². The molecular weight excluding hydrogens is 3520 g/mol. The maximum Gasteiger partial charge on any atom is 2.00 e. The van der Waals surface area contributed by atoms with Gasteiger partial charge in [0.15, 0.2) is 69.2 Å². The van der Waals surface area contributed by atoms with Crippen molar-refractivity contribution in [1.29, 1.82) is 0 Å². The van der Waals surface area contributed by atoms with Crippen LogP contribution in [0.1, 0.15) is 0 Å². The fourth-order valence-electron chi connectivity index (χ4n) is 13.0. The molecule has 10 heterocycles. The molecular formula is C64H4Br28Cl2CuN16O6S2. The molecule has 55 heteroatoms. The van der Waals surface area contributed by atoms with Crippen molar-refractivity contribution >= 4 is 578 Å². The van der Waals surface area contributed by atoms with Gasteiger partial charge in [-0.15, -0.1) is 0 Å². The molecule has 0 amide bonds. The molecule has 22 nitrogen and oxygen atoms in total. The number of fused-ring (bicyclic) bond motifs is 40. The Morgan fingerprint density at radius 1 is 0.261 bits per heavy atom. The van der Waals surface area contributed by atoms with Crippen molar-refractivity contribution in [3.63, 3.8) is 0 Å². The Morgan fingerprint density at radius 2 is 0.471 bits per heavy atom. The van der Waals surface area contributed by atoms with Crippen LogP contribution in [0.3, 0.4) is 0 Å². The average Bonchev–Trinajstić information content (AvgIpc) is 1.57. The van der Waals surface area contributed by atoms with Crippen LogP contribution in [0.15, 0.2) is 138 Å². The van der Waals surface area contributed by atoms with E-state index in [1.54, 1.807) is 19.3 Å². The molecule has 2 N–H and O–H groups in total. The summed E-state index contributed by atoms with van der Waals surface area (Å²) in [6.45, 7) is 0. The summed E-state index contributed by atoms with van der Waals surface area (Å²) < 4.78 is 97.0. The number of aromatic nitrogens is 16. The van der Waals surface area contributed by atoms with Crippen molar-refractivity contribution in [2.24, 2.45) is 0 Å². The zero-order valence-corrected chi connectivity index (χ0v) is 103. The van der Waals surface area contributed by atoms with Crippen LogP contribution in [0.25, 0.3) is 179 Å². The molecule has 0 atom stereocenters. The van der Waals surface area contributed by atoms with E-state index in [0.717, 1.165) is 0 Å². The van der Waals surface area contributed by atoms with Crippen molar-refractivity contribution in [1.82, 2.24) is 77.0 Å². The summed E-state index contributed by atoms with van der Waals surface area (Å²) in [7, 11) is -10.5. The van der Waals surface area contributed by atoms with Crippen LogP contribution in [-0.4, -0.2) is 103 Å². The second-order valence-corrected chi connectivity index (χ2v) is 49.8. The molecule has 0 spiro atoms. The normalized spacial score (nSPS) is 12.4. The largest absolute Gasteiger partial charge is 2.00 e. The monoisotopic (exact) mass is 3500 g/mol. The van der Waals surface area contributed by atoms with Gasteiger partial charge in [0.2, 0.25) is 0 Å². The second kappa shape index (κ2) is 34.9. The molecule has 8 aromatic carbocycles. The van der Waals surface area contributed by atoms with E-state index in [9.17, 15) is 25.9 Å². The zero-order valence-electron chi connectivity index (χ0n) is 54.3. The first kappa shape index (κ1) is 95.0. The molecule has 1 radical (unpaired) electrons. The summed E-state index contributed by atoms with van der Waals surface area (Å²) in [5.41, 5.74) is 5.80. The molecule has 0 unspecified atom stereocenters. The second-order valence-electron chi connectivity index (χ2n) is 24.2. The molecule has 0 aliphatic carbocycles. The van der Waals surface area contributed by atoms with E-state index >= 15 is 0 Å². The summed E-state index contributed by atoms with van der Waals surface area (Å²) in [4.78, 5) is 65.5. The van der Waals surface area contributed by atoms with Gasteiger partial charge in [-0.3, -0.25) is 0 Å². The quantitative estimate of drug-likeness (QED) is 0.0703. The third kappa shape index (κ3) is 15.2. The fraction of sp³-hybridized carbons (Fsp3) is 0. The summed E-state index contributed by atoms with van der Waals surface area (Å²) >= 11 is 117. The third-order valence-electron chi connectivity index (χ3n) is 17.9. The number of benzene rings is 8. The maximum absolute atomic E-state index is 13.1. The van der Waals surface area contributed by atoms with E-state index in [-0.39, 0.29) is 136 Å². The van der Waals surface area contributed by atoms with Gasteiger partial charge in [-0.25, -0.2) is 83.8 Å². The fourth-order valence-corrected chi connectivity index (χ4v) is 32.0. The number of halogens is 30. The predicted molar refractivity (Wildman–Crippen MR) is 554 cm³/mol. The Labute approximate surface area is 920 Å². The summed E-state index contributed by atoms with van der Waals surface area (Å²) in [6, 6.07) is 3.59. The van der Waals surface area contributed by atoms with Gasteiger partial charge in [-0.2, -0.15) is 0 Å². The zero-order chi connectivity index (χ0) is 85.3. The topological polar surface area (TPSA) is 311 Å². The van der Waals surface area contributed by atoms with E-state index in [2.05, 4.69) is 456 Å². The van der Waals surface area contributed by atoms with Gasteiger partial charge >= 0.3 is 17.1 Å². The first-order valence-electron chi connectivity index (χ1n) is 30.5. The van der Waals surface area contributed by atoms with E-state index in [1.165, 1.54) is 0 Å². The number of nitrogens with one attached hydrogen (secondary N) is 2. The van der Waals surface area contributed by atoms with Crippen LogP contribution >= 0.6 is 470 Å². The molecule has 4 aliphatic rings. The molecule has 4 aliphatic heterocycles. The van der Waals surface area contributed by atoms with E-state index in [0.29, 0.717) is 187 Å². The Balaban J connectivity index is 0.000000176. The Kier molecular flexibility index (Phi) is 27.9. The average molecular weight is 3530 g/mol. The maximum atomic E-state index is 13.1. The standard InChI is InChI=1S/2C32H3Br14ClN8O3S.Cu/c2*33-3-1-2-4(12(35)11(3)34)26-48-25(2)49-30-10-7(15(38)22(45)23(47)24(10)59(56,57)58)28(52-30)50-27-5-6(14(37)19(42)18(41)13(5)36)29(51-27)54-32-9-8(31(53-26)55(32)46)16(39)20(43)21(44)17(9)40;/h2*1H,(H,56,57,58)(H,48,49,50,51,52,53,54);/q;;+2/p-2. The third-order valence-corrected chi connectivity index (χ3v) is 52.4. The van der Waals surface area contributed by atoms with Crippen molar-refractivity contribution in [2.45, 2.75) is 9.79 Å². The molecule has 6 aromatic heterocycles. The number of H-pyrrole nitrogens is 2. The van der Waals surface area contributed by atoms with Crippen LogP contribution in [0.2, 0.25) is 10.0 Å². The van der Waals surface area contributed by atoms with E-state index in [4.69, 9.17) is 83.0 Å². The minimum atomic E-state index is -5.24. The van der Waals surface area contributed by atoms with Gasteiger partial charge in [-0.05, 0) is 426 Å². The molecule has 0 saturated heterocycles. The number of hydrogen-bond acceptors (Lipinski definition) is 18. The molecule has 609 valence electrons. The van der Waals surface area contributed by atoms with Gasteiger partial charge in [0.05, 0.1) is 61.1 Å². The Hall–Kier alpha value is 2.84. The van der Waals surface area contributed by atoms with Crippen molar-refractivity contribution < 1.29 is 43.0 Å². The smallest absolute Gasteiger partial charge is 0.744 e. The minimum absolute atomic E-state index is 0. The number of nitrogens with zero attached hydrogens (tertiary/aromatic N) is 14. The van der Waals surface area contributed by atoms with E-state index < -0.39 is 30.0 Å². The molecule has 16 bridgehead atoms. The first-order valence-corrected chi connectivity index (χ1v) is 56.1. The predicted octanol–water partition coefficient (Wildman–Crippen LogP) is 33.9. The van der Waals surface area contributed by atoms with E-state index in [1.807, 2.05) is 0 Å². The van der Waals surface area contributed by atoms with Crippen molar-refractivity contribution in [3.8, 4) is 91.1 Å². The number of rotatable bonds is 2. The minimum Gasteiger partial charge on any atom is -0.744 e. The molecule has 14 aromatic rings. The van der Waals surface area contributed by atoms with Gasteiger partial charge in [0.25, 0.3) is 0 Å². The molecule has 0 saturated carbocycles. The van der Waals surface area contributed by atoms with Crippen LogP contribution in [0, 0.1) is 0 Å². The SMILES string of the molecule is O=S(=O)([O-])c1c(Cl)c(Br)c(Br)c2c3nc4nc(nc5c6c(Br)c(Br)c(Br)c(Br)c6c(nc6nc(nc([nH]3)c12)-c1cc(Br)c(Br)c(Br)c1-6)n5Br)-c1c(Br)c(Br)c(Br)c(Br)c1-4.O=S(=O)([O-])c1c(Cl)c(Br)c(Br)c2c3nc4nc(nc5c6c(Br)c(Br)c(Br)c(Br)c6c(nc6nc(nc([nH]3)c12)-c1cc(Br)c(Br)c(Br)c1-6)n5Br)-c1c(Br)c(Br)c(Br)c(Br)c1-4.[Cu+2]. The number of hydrogen-bond donors (Lipinski definition) is 2. The van der Waals surface area contributed by atoms with Crippen molar-refractivity contribution in [3.05, 3.63) is 138 Å². The molecule has 119 heavy (non-hydrogen) atoms. The van der Waals surface area contributed by atoms with Crippen LogP contribution in [0.4, 0.5) is 0 Å². The van der Waals surface area contributed by atoms with Gasteiger partial charge in [-0.1, -0.05) is 23.2 Å². The van der Waals surface area contributed by atoms with Crippen LogP contribution in [-0.2, 0) is 37.3 Å². The summed E-state index contributed by atoms with van der Waals surface area (Å²) in [5.74, 6) is 1.47. The molecule has 18 rings (SSSR count). The summed E-state index contributed by atoms with van der Waals surface area (Å²) in [6.07, 6.45) is 0. The number of aromatic amines is 2. The Bertz CT molecular complexity index is 7490. The molecule has 0 fully saturated rings. The van der Waals surface area contributed by atoms with Gasteiger partial charge in [0.1, 0.15) is 42.8 Å².